The van der Waals surface area contributed by atoms with Crippen molar-refractivity contribution in [2.45, 2.75) is 30.8 Å². The summed E-state index contributed by atoms with van der Waals surface area (Å²) in [6.45, 7) is -0.316. The molecular weight excluding hydrogens is 422 g/mol. The minimum absolute atomic E-state index is 0.316. The number of fused-ring (bicyclic) bond motifs is 2. The zero-order valence-corrected chi connectivity index (χ0v) is 18.2. The van der Waals surface area contributed by atoms with Gasteiger partial charge in [0.1, 0.15) is 12.1 Å². The fourth-order valence-electron chi connectivity index (χ4n) is 4.72. The van der Waals surface area contributed by atoms with Crippen LogP contribution >= 0.6 is 11.3 Å². The molecule has 1 aliphatic heterocycles. The minimum Gasteiger partial charge on any atom is -0.343 e. The lowest BCUT2D eigenvalue weighted by atomic mass is 9.76. The van der Waals surface area contributed by atoms with Crippen molar-refractivity contribution in [1.29, 1.82) is 0 Å². The highest BCUT2D eigenvalue weighted by molar-refractivity contribution is 7.10. The van der Waals surface area contributed by atoms with E-state index in [9.17, 15) is 14.4 Å². The standard InChI is InChI=1S/C25H23N3O3S/c29-21(26-22(20-13-7-15-32-20)18-9-2-1-3-10-18)16-28-23(30)25(27-24(28)31)14-6-11-17-8-4-5-12-19(17)25/h1-5,7-10,12-13,15,22H,6,11,14,16H2,(H,26,29)(H,27,31)/t22-,25+/m1/s1. The van der Waals surface area contributed by atoms with E-state index in [1.807, 2.05) is 72.1 Å². The van der Waals surface area contributed by atoms with Crippen LogP contribution in [0.3, 0.4) is 0 Å². The number of nitrogens with one attached hydrogen (secondary N) is 2. The van der Waals surface area contributed by atoms with Gasteiger partial charge in [0.25, 0.3) is 5.91 Å². The molecular formula is C25H23N3O3S. The summed E-state index contributed by atoms with van der Waals surface area (Å²) in [5, 5.41) is 7.87. The Morgan fingerprint density at radius 2 is 1.84 bits per heavy atom. The summed E-state index contributed by atoms with van der Waals surface area (Å²) in [7, 11) is 0. The number of benzene rings is 2. The third-order valence-electron chi connectivity index (χ3n) is 6.22. The Bertz CT molecular complexity index is 1160. The van der Waals surface area contributed by atoms with Crippen molar-refractivity contribution in [2.24, 2.45) is 0 Å². The third kappa shape index (κ3) is 3.48. The van der Waals surface area contributed by atoms with Crippen LogP contribution < -0.4 is 10.6 Å². The zero-order chi connectivity index (χ0) is 22.1. The molecule has 32 heavy (non-hydrogen) atoms. The normalized spacial score (nSPS) is 20.7. The molecule has 0 radical (unpaired) electrons. The lowest BCUT2D eigenvalue weighted by Gasteiger charge is -2.33. The molecule has 7 heteroatoms. The summed E-state index contributed by atoms with van der Waals surface area (Å²) in [4.78, 5) is 41.3. The molecule has 2 atom stereocenters. The van der Waals surface area contributed by atoms with Gasteiger partial charge in [-0.3, -0.25) is 14.5 Å². The highest BCUT2D eigenvalue weighted by Crippen LogP contribution is 2.39. The molecule has 2 heterocycles. The number of hydrogen-bond acceptors (Lipinski definition) is 4. The van der Waals surface area contributed by atoms with Crippen molar-refractivity contribution in [3.63, 3.8) is 0 Å². The van der Waals surface area contributed by atoms with E-state index in [-0.39, 0.29) is 24.4 Å². The number of nitrogens with zero attached hydrogens (tertiary/aromatic N) is 1. The summed E-state index contributed by atoms with van der Waals surface area (Å²) in [6, 6.07) is 20.4. The van der Waals surface area contributed by atoms with E-state index < -0.39 is 11.6 Å². The van der Waals surface area contributed by atoms with E-state index in [1.54, 1.807) is 11.3 Å². The molecule has 1 aliphatic carbocycles. The van der Waals surface area contributed by atoms with Gasteiger partial charge in [0, 0.05) is 4.88 Å². The van der Waals surface area contributed by atoms with Gasteiger partial charge in [-0.1, -0.05) is 60.7 Å². The Kier molecular flexibility index (Phi) is 5.27. The molecule has 1 saturated heterocycles. The quantitative estimate of drug-likeness (QED) is 0.588. The van der Waals surface area contributed by atoms with E-state index >= 15 is 0 Å². The molecule has 2 N–H and O–H groups in total. The van der Waals surface area contributed by atoms with Gasteiger partial charge < -0.3 is 10.6 Å². The molecule has 2 aromatic carbocycles. The van der Waals surface area contributed by atoms with Gasteiger partial charge in [-0.25, -0.2) is 4.79 Å². The average molecular weight is 446 g/mol. The Labute approximate surface area is 190 Å². The Morgan fingerprint density at radius 1 is 1.06 bits per heavy atom. The molecule has 1 fully saturated rings. The molecule has 3 aromatic rings. The van der Waals surface area contributed by atoms with Crippen LogP contribution in [0.25, 0.3) is 0 Å². The maximum Gasteiger partial charge on any atom is 0.325 e. The molecule has 162 valence electrons. The van der Waals surface area contributed by atoms with Gasteiger partial charge in [-0.05, 0) is 47.4 Å². The first-order valence-corrected chi connectivity index (χ1v) is 11.6. The van der Waals surface area contributed by atoms with Crippen molar-refractivity contribution < 1.29 is 14.4 Å². The number of urea groups is 1. The highest BCUT2D eigenvalue weighted by Gasteiger charge is 2.54. The van der Waals surface area contributed by atoms with Crippen LogP contribution in [0.1, 0.15) is 40.5 Å². The minimum atomic E-state index is -1.07. The molecule has 1 spiro atoms. The third-order valence-corrected chi connectivity index (χ3v) is 7.16. The second-order valence-corrected chi connectivity index (χ2v) is 9.14. The molecule has 0 saturated carbocycles. The van der Waals surface area contributed by atoms with Gasteiger partial charge in [0.15, 0.2) is 0 Å². The average Bonchev–Trinajstić information content (AvgIpc) is 3.42. The monoisotopic (exact) mass is 445 g/mol. The fraction of sp³-hybridized carbons (Fsp3) is 0.240. The van der Waals surface area contributed by atoms with Crippen molar-refractivity contribution in [1.82, 2.24) is 15.5 Å². The van der Waals surface area contributed by atoms with Crippen LogP contribution in [0.15, 0.2) is 72.1 Å². The Morgan fingerprint density at radius 3 is 2.62 bits per heavy atom. The highest BCUT2D eigenvalue weighted by atomic mass is 32.1. The maximum absolute atomic E-state index is 13.4. The maximum atomic E-state index is 13.4. The topological polar surface area (TPSA) is 78.5 Å². The SMILES string of the molecule is O=C(CN1C(=O)N[C@]2(CCCc3ccccc32)C1=O)N[C@H](c1ccccc1)c1cccs1. The lowest BCUT2D eigenvalue weighted by Crippen LogP contribution is -2.47. The molecule has 2 aliphatic rings. The Balaban J connectivity index is 1.37. The van der Waals surface area contributed by atoms with Crippen molar-refractivity contribution in [3.8, 4) is 0 Å². The summed E-state index contributed by atoms with van der Waals surface area (Å²) >= 11 is 1.55. The largest absolute Gasteiger partial charge is 0.343 e. The van der Waals surface area contributed by atoms with Gasteiger partial charge in [0.2, 0.25) is 5.91 Å². The van der Waals surface area contributed by atoms with Gasteiger partial charge >= 0.3 is 6.03 Å². The van der Waals surface area contributed by atoms with E-state index in [1.165, 1.54) is 0 Å². The van der Waals surface area contributed by atoms with Crippen molar-refractivity contribution >= 4 is 29.2 Å². The van der Waals surface area contributed by atoms with E-state index in [0.29, 0.717) is 6.42 Å². The smallest absolute Gasteiger partial charge is 0.325 e. The van der Waals surface area contributed by atoms with Crippen LogP contribution in [0.2, 0.25) is 0 Å². The van der Waals surface area contributed by atoms with E-state index in [4.69, 9.17) is 0 Å². The van der Waals surface area contributed by atoms with E-state index in [0.717, 1.165) is 39.3 Å². The summed E-state index contributed by atoms with van der Waals surface area (Å²) < 4.78 is 0. The van der Waals surface area contributed by atoms with Crippen LogP contribution in [-0.2, 0) is 21.5 Å². The molecule has 6 nitrogen and oxygen atoms in total. The number of imide groups is 1. The number of amides is 4. The first-order chi connectivity index (χ1) is 15.6. The van der Waals surface area contributed by atoms with Gasteiger partial charge in [0.05, 0.1) is 6.04 Å². The summed E-state index contributed by atoms with van der Waals surface area (Å²) in [6.07, 6.45) is 2.22. The van der Waals surface area contributed by atoms with Crippen LogP contribution in [0, 0.1) is 0 Å². The summed E-state index contributed by atoms with van der Waals surface area (Å²) in [5.41, 5.74) is 1.78. The van der Waals surface area contributed by atoms with Crippen molar-refractivity contribution in [2.75, 3.05) is 6.54 Å². The molecule has 0 bridgehead atoms. The predicted octanol–water partition coefficient (Wildman–Crippen LogP) is 3.74. The first kappa shape index (κ1) is 20.5. The number of carbonyl (C=O) groups is 3. The molecule has 0 unspecified atom stereocenters. The van der Waals surface area contributed by atoms with Crippen LogP contribution in [0.4, 0.5) is 4.79 Å². The number of rotatable bonds is 5. The molecule has 4 amide bonds. The van der Waals surface area contributed by atoms with Crippen LogP contribution in [-0.4, -0.2) is 29.3 Å². The number of aryl methyl sites for hydroxylation is 1. The zero-order valence-electron chi connectivity index (χ0n) is 17.4. The second kappa shape index (κ2) is 8.24. The fourth-order valence-corrected chi connectivity index (χ4v) is 5.53. The number of thiophene rings is 1. The number of hydrogen-bond donors (Lipinski definition) is 2. The summed E-state index contributed by atoms with van der Waals surface area (Å²) in [5.74, 6) is -0.728. The number of carbonyl (C=O) groups excluding carboxylic acids is 3. The van der Waals surface area contributed by atoms with Crippen molar-refractivity contribution in [3.05, 3.63) is 93.7 Å². The molecule has 1 aromatic heterocycles. The predicted molar refractivity (Wildman–Crippen MR) is 122 cm³/mol. The lowest BCUT2D eigenvalue weighted by molar-refractivity contribution is -0.135. The molecule has 5 rings (SSSR count). The Hall–Kier alpha value is -3.45. The second-order valence-electron chi connectivity index (χ2n) is 8.16. The van der Waals surface area contributed by atoms with E-state index in [2.05, 4.69) is 10.6 Å². The van der Waals surface area contributed by atoms with Crippen LogP contribution in [0.5, 0.6) is 0 Å². The van der Waals surface area contributed by atoms with Gasteiger partial charge in [-0.2, -0.15) is 0 Å². The van der Waals surface area contributed by atoms with Gasteiger partial charge in [-0.15, -0.1) is 11.3 Å². The first-order valence-electron chi connectivity index (χ1n) is 10.7.